The van der Waals surface area contributed by atoms with E-state index < -0.39 is 108 Å². The summed E-state index contributed by atoms with van der Waals surface area (Å²) in [5.41, 5.74) is 14.9. The van der Waals surface area contributed by atoms with Crippen molar-refractivity contribution >= 4 is 17.6 Å². The smallest absolute Gasteiger partial charge is 0.311 e. The number of carbonyl (C=O) groups excluding carboxylic acids is 2. The van der Waals surface area contributed by atoms with Gasteiger partial charge in [-0.2, -0.15) is 0 Å². The summed E-state index contributed by atoms with van der Waals surface area (Å²) >= 11 is 0. The molecule has 0 bridgehead atoms. The molecule has 1 aromatic rings. The largest absolute Gasteiger partial charge is 0.459 e. The molecule has 22 nitrogen and oxygen atoms in total. The molecule has 4 rings (SSSR count). The second-order valence-corrected chi connectivity index (χ2v) is 22.9. The van der Waals surface area contributed by atoms with E-state index in [9.17, 15) is 35.1 Å². The Morgan fingerprint density at radius 1 is 0.908 bits per heavy atom. The first-order valence-corrected chi connectivity index (χ1v) is 27.0. The zero-order valence-electron chi connectivity index (χ0n) is 47.6. The number of aliphatic hydroxyl groups is 5. The highest BCUT2D eigenvalue weighted by molar-refractivity contribution is 5.91. The van der Waals surface area contributed by atoms with E-state index >= 15 is 0 Å². The lowest BCUT2D eigenvalue weighted by molar-refractivity contribution is -0.318. The third-order valence-electron chi connectivity index (χ3n) is 16.1. The number of aryl methyl sites for hydroxylation is 1. The van der Waals surface area contributed by atoms with Gasteiger partial charge in [0.05, 0.1) is 47.2 Å². The zero-order chi connectivity index (χ0) is 57.2. The van der Waals surface area contributed by atoms with Crippen molar-refractivity contribution in [2.75, 3.05) is 45.8 Å². The highest BCUT2D eigenvalue weighted by atomic mass is 16.7. The van der Waals surface area contributed by atoms with E-state index in [2.05, 4.69) is 0 Å². The Labute approximate surface area is 451 Å². The number of rotatable bonds is 19. The van der Waals surface area contributed by atoms with Gasteiger partial charge in [-0.3, -0.25) is 14.6 Å². The summed E-state index contributed by atoms with van der Waals surface area (Å²) in [6.45, 7) is 18.9. The molecule has 0 aromatic heterocycles. The summed E-state index contributed by atoms with van der Waals surface area (Å²) < 4.78 is 38.3. The quantitative estimate of drug-likeness (QED) is 0.0309. The van der Waals surface area contributed by atoms with Crippen molar-refractivity contribution in [1.82, 2.24) is 14.8 Å². The number of likely N-dealkylation sites (N-methyl/N-ethyl adjacent to an activating group) is 2. The van der Waals surface area contributed by atoms with Crippen LogP contribution in [0.25, 0.3) is 0 Å². The van der Waals surface area contributed by atoms with Crippen LogP contribution < -0.4 is 33.9 Å². The lowest BCUT2D eigenvalue weighted by atomic mass is 9.77. The highest BCUT2D eigenvalue weighted by Gasteiger charge is 2.53. The zero-order valence-corrected chi connectivity index (χ0v) is 47.6. The van der Waals surface area contributed by atoms with E-state index in [0.29, 0.717) is 43.9 Å². The SMILES string of the molecule is CC[C@H]1OC(=O)[C@H](C)[C@@H](O[C@H]2C[C@@](C)(OC)[C@@H](O)[C@H](C)O2)[C@H](C)[C@@H](O[C@@H]2O[C@H](C)C[C@H](N(C)CC/C(N)=C/N(N)CCCCc3ccc(N(N)/C=C(\N)C(N)=O)cc3)[C@H]2O)[C@](C)(O)C[C@@H](C)CN(C)[C@H](C)[C@@H](O)[C@]1(C)O. The topological polar surface area (TPSA) is 334 Å². The molecule has 3 aliphatic rings. The van der Waals surface area contributed by atoms with Crippen LogP contribution in [0.1, 0.15) is 120 Å². The van der Waals surface area contributed by atoms with Gasteiger partial charge in [0.25, 0.3) is 5.91 Å². The maximum atomic E-state index is 14.5. The fraction of sp³-hybridized carbons (Fsp3) is 0.778. The van der Waals surface area contributed by atoms with E-state index in [1.807, 2.05) is 62.0 Å². The number of ether oxygens (including phenoxy) is 6. The predicted molar refractivity (Wildman–Crippen MR) is 288 cm³/mol. The van der Waals surface area contributed by atoms with Crippen molar-refractivity contribution in [2.45, 2.75) is 211 Å². The van der Waals surface area contributed by atoms with Gasteiger partial charge in [0.2, 0.25) is 0 Å². The number of methoxy groups -OCH3 is 1. The van der Waals surface area contributed by atoms with Gasteiger partial charge >= 0.3 is 5.97 Å². The second-order valence-electron chi connectivity index (χ2n) is 22.9. The summed E-state index contributed by atoms with van der Waals surface area (Å²) in [6.07, 6.45) is -3.41. The van der Waals surface area contributed by atoms with Crippen LogP contribution in [0.3, 0.4) is 0 Å². The molecule has 0 saturated carbocycles. The molecular formula is C54H97N9O13. The summed E-state index contributed by atoms with van der Waals surface area (Å²) in [6, 6.07) is 6.51. The molecule has 436 valence electrons. The fourth-order valence-electron chi connectivity index (χ4n) is 11.2. The Balaban J connectivity index is 1.54. The number of hydrogen-bond acceptors (Lipinski definition) is 21. The normalized spacial score (nSPS) is 38.0. The molecule has 0 unspecified atom stereocenters. The van der Waals surface area contributed by atoms with Gasteiger partial charge < -0.3 is 86.0 Å². The lowest BCUT2D eigenvalue weighted by Crippen LogP contribution is -2.61. The Hall–Kier alpha value is -3.72. The number of esters is 1. The average molecular weight is 1080 g/mol. The fourth-order valence-corrected chi connectivity index (χ4v) is 11.2. The molecule has 3 aliphatic heterocycles. The second kappa shape index (κ2) is 27.9. The number of cyclic esters (lactones) is 1. The van der Waals surface area contributed by atoms with Crippen molar-refractivity contribution < 1.29 is 63.5 Å². The number of aliphatic hydroxyl groups excluding tert-OH is 3. The number of carbonyl (C=O) groups is 2. The number of unbranched alkanes of at least 4 members (excludes halogenated alkanes) is 1. The molecule has 22 heteroatoms. The third-order valence-corrected chi connectivity index (χ3v) is 16.1. The Bertz CT molecular complexity index is 2050. The number of hydrogen-bond donors (Lipinski definition) is 10. The molecular weight excluding hydrogens is 983 g/mol. The average Bonchev–Trinajstić information content (AvgIpc) is 3.35. The Morgan fingerprint density at radius 3 is 2.16 bits per heavy atom. The van der Waals surface area contributed by atoms with E-state index in [-0.39, 0.29) is 37.0 Å². The monoisotopic (exact) mass is 1080 g/mol. The first-order valence-electron chi connectivity index (χ1n) is 27.0. The maximum Gasteiger partial charge on any atom is 0.311 e. The minimum absolute atomic E-state index is 0.0888. The van der Waals surface area contributed by atoms with Crippen molar-refractivity contribution in [3.63, 3.8) is 0 Å². The van der Waals surface area contributed by atoms with Gasteiger partial charge in [0.1, 0.15) is 35.7 Å². The van der Waals surface area contributed by atoms with Crippen molar-refractivity contribution in [1.29, 1.82) is 0 Å². The van der Waals surface area contributed by atoms with Crippen molar-refractivity contribution in [2.24, 2.45) is 46.6 Å². The minimum Gasteiger partial charge on any atom is -0.459 e. The molecule has 1 amide bonds. The van der Waals surface area contributed by atoms with Crippen molar-refractivity contribution in [3.8, 4) is 0 Å². The van der Waals surface area contributed by atoms with Gasteiger partial charge in [0.15, 0.2) is 12.6 Å². The van der Waals surface area contributed by atoms with Crippen LogP contribution in [0.5, 0.6) is 0 Å². The van der Waals surface area contributed by atoms with Gasteiger partial charge in [-0.25, -0.2) is 11.7 Å². The molecule has 3 heterocycles. The summed E-state index contributed by atoms with van der Waals surface area (Å²) in [5.74, 6) is 8.74. The molecule has 1 aromatic carbocycles. The first kappa shape index (κ1) is 64.8. The molecule has 76 heavy (non-hydrogen) atoms. The van der Waals surface area contributed by atoms with Gasteiger partial charge in [-0.05, 0) is 125 Å². The number of nitrogens with two attached hydrogens (primary N) is 5. The van der Waals surface area contributed by atoms with Crippen LogP contribution in [0.2, 0.25) is 0 Å². The van der Waals surface area contributed by atoms with E-state index in [0.717, 1.165) is 24.8 Å². The van der Waals surface area contributed by atoms with Gasteiger partial charge in [-0.15, -0.1) is 0 Å². The van der Waals surface area contributed by atoms with Gasteiger partial charge in [0, 0.05) is 75.7 Å². The van der Waals surface area contributed by atoms with Crippen LogP contribution in [-0.4, -0.2) is 183 Å². The number of amides is 1. The molecule has 0 aliphatic carbocycles. The molecule has 0 radical (unpaired) electrons. The number of benzene rings is 1. The van der Waals surface area contributed by atoms with Crippen LogP contribution in [0, 0.1) is 17.8 Å². The number of anilines is 1. The first-order chi connectivity index (χ1) is 35.4. The van der Waals surface area contributed by atoms with E-state index in [1.165, 1.54) is 25.2 Å². The lowest BCUT2D eigenvalue weighted by Gasteiger charge is -2.49. The third kappa shape index (κ3) is 16.9. The number of primary amides is 1. The predicted octanol–water partition coefficient (Wildman–Crippen LogP) is 1.63. The van der Waals surface area contributed by atoms with Crippen LogP contribution in [0.15, 0.2) is 48.1 Å². The summed E-state index contributed by atoms with van der Waals surface area (Å²) in [4.78, 5) is 29.7. The van der Waals surface area contributed by atoms with Crippen LogP contribution in [0.4, 0.5) is 5.69 Å². The highest BCUT2D eigenvalue weighted by Crippen LogP contribution is 2.40. The Morgan fingerprint density at radius 2 is 1.55 bits per heavy atom. The minimum atomic E-state index is -1.85. The van der Waals surface area contributed by atoms with Crippen LogP contribution in [-0.2, 0) is 44.4 Å². The summed E-state index contributed by atoms with van der Waals surface area (Å²) in [5, 5.41) is 62.5. The summed E-state index contributed by atoms with van der Waals surface area (Å²) in [7, 11) is 5.22. The van der Waals surface area contributed by atoms with E-state index in [4.69, 9.17) is 57.3 Å². The molecule has 0 spiro atoms. The number of nitrogens with zero attached hydrogens (tertiary/aromatic N) is 4. The molecule has 18 atom stereocenters. The maximum absolute atomic E-state index is 14.5. The molecule has 3 fully saturated rings. The Kier molecular flexibility index (Phi) is 23.8. The molecule has 15 N–H and O–H groups in total. The standard InChI is InChI=1S/C54H97N9O13/c1-14-42-54(10,70)46(65)35(6)61(12)28-31(2)26-52(8,69)48(33(4)45(34(5)50(68)74-42)75-43-27-53(9,71-13)47(66)36(7)73-43)76-51-44(64)41(25-32(3)72-51)60(11)24-22-38(55)29-62(58)23-16-15-17-37-18-20-39(21-19-37)63(59)30-40(56)49(57)67/h18-21,29-36,41-48,51,64-66,69-70H,14-17,22-28,55-56,58-59H2,1-13H3,(H2,57,67)/b38-29-,40-30-/t31-,32-,33+,34-,35-,36+,41+,42-,43+,44-,45+,46-,47+,48-,51+,52-,53-,54-/m1/s1. The van der Waals surface area contributed by atoms with Crippen molar-refractivity contribution in [3.05, 3.63) is 53.6 Å². The number of hydrazine groups is 2. The van der Waals surface area contributed by atoms with Gasteiger partial charge in [-0.1, -0.05) is 32.9 Å². The van der Waals surface area contributed by atoms with E-state index in [1.54, 1.807) is 59.7 Å². The van der Waals surface area contributed by atoms with Crippen LogP contribution >= 0.6 is 0 Å². The molecule has 3 saturated heterocycles.